The van der Waals surface area contributed by atoms with Crippen LogP contribution in [0.15, 0.2) is 12.1 Å². The third kappa shape index (κ3) is 1.58. The fraction of sp³-hybridized carbons (Fsp3) is 0.650. The third-order valence-corrected chi connectivity index (χ3v) is 7.53. The molecular weight excluding hydrogens is 321 g/mol. The molecule has 1 spiro atoms. The van der Waals surface area contributed by atoms with Crippen LogP contribution in [-0.2, 0) is 16.6 Å². The highest BCUT2D eigenvalue weighted by molar-refractivity contribution is 5.89. The van der Waals surface area contributed by atoms with E-state index < -0.39 is 22.9 Å². The van der Waals surface area contributed by atoms with E-state index in [0.717, 1.165) is 36.6 Å². The Labute approximate surface area is 146 Å². The molecule has 1 N–H and O–H groups in total. The van der Waals surface area contributed by atoms with Crippen LogP contribution in [0.4, 0.5) is 4.39 Å². The van der Waals surface area contributed by atoms with Gasteiger partial charge in [-0.25, -0.2) is 4.39 Å². The summed E-state index contributed by atoms with van der Waals surface area (Å²) in [4.78, 5) is 15.1. The lowest BCUT2D eigenvalue weighted by Crippen LogP contribution is -2.76. The Balaban J connectivity index is 1.58. The van der Waals surface area contributed by atoms with Crippen LogP contribution in [-0.4, -0.2) is 46.6 Å². The van der Waals surface area contributed by atoms with E-state index in [-0.39, 0.29) is 17.6 Å². The van der Waals surface area contributed by atoms with Gasteiger partial charge in [0.2, 0.25) is 0 Å². The molecule has 2 saturated carbocycles. The molecule has 0 amide bonds. The second-order valence-electron chi connectivity index (χ2n) is 8.68. The maximum Gasteiger partial charge on any atom is 0.174 e. The Morgan fingerprint density at radius 1 is 1.32 bits per heavy atom. The number of halogens is 1. The molecule has 2 aliphatic heterocycles. The van der Waals surface area contributed by atoms with Gasteiger partial charge in [0.05, 0.1) is 11.0 Å². The number of rotatable bonds is 2. The molecule has 2 bridgehead atoms. The highest BCUT2D eigenvalue weighted by Crippen LogP contribution is 2.63. The van der Waals surface area contributed by atoms with Gasteiger partial charge in [0, 0.05) is 24.6 Å². The molecule has 3 fully saturated rings. The van der Waals surface area contributed by atoms with E-state index in [1.165, 1.54) is 18.9 Å². The number of carbonyl (C=O) groups is 1. The van der Waals surface area contributed by atoms with Gasteiger partial charge in [0.25, 0.3) is 0 Å². The minimum atomic E-state index is -0.995. The number of aliphatic hydroxyl groups is 1. The molecule has 5 aliphatic rings. The lowest BCUT2D eigenvalue weighted by atomic mass is 9.49. The number of benzene rings is 1. The molecule has 4 unspecified atom stereocenters. The van der Waals surface area contributed by atoms with E-state index in [0.29, 0.717) is 19.3 Å². The number of ether oxygens (including phenoxy) is 1. The summed E-state index contributed by atoms with van der Waals surface area (Å²) in [6.07, 6.45) is 4.02. The first-order chi connectivity index (χ1) is 12.0. The van der Waals surface area contributed by atoms with Crippen molar-refractivity contribution in [3.63, 3.8) is 0 Å². The van der Waals surface area contributed by atoms with Crippen LogP contribution >= 0.6 is 0 Å². The van der Waals surface area contributed by atoms with E-state index >= 15 is 0 Å². The monoisotopic (exact) mass is 343 g/mol. The van der Waals surface area contributed by atoms with Crippen molar-refractivity contribution in [2.24, 2.45) is 5.92 Å². The summed E-state index contributed by atoms with van der Waals surface area (Å²) in [6, 6.07) is 3.30. The van der Waals surface area contributed by atoms with E-state index in [2.05, 4.69) is 4.90 Å². The van der Waals surface area contributed by atoms with Gasteiger partial charge in [0.15, 0.2) is 23.5 Å². The van der Waals surface area contributed by atoms with E-state index in [1.54, 1.807) is 0 Å². The molecule has 0 aromatic heterocycles. The summed E-state index contributed by atoms with van der Waals surface area (Å²) >= 11 is 0. The Hall–Kier alpha value is -1.46. The van der Waals surface area contributed by atoms with Crippen molar-refractivity contribution in [1.29, 1.82) is 0 Å². The minimum absolute atomic E-state index is 0.00459. The molecule has 2 heterocycles. The van der Waals surface area contributed by atoms with Crippen LogP contribution in [0, 0.1) is 11.7 Å². The fourth-order valence-electron chi connectivity index (χ4n) is 6.25. The van der Waals surface area contributed by atoms with Crippen LogP contribution in [0.2, 0.25) is 0 Å². The Kier molecular flexibility index (Phi) is 2.61. The zero-order valence-electron chi connectivity index (χ0n) is 14.1. The Bertz CT molecular complexity index is 806. The van der Waals surface area contributed by atoms with Crippen LogP contribution < -0.4 is 4.74 Å². The molecule has 1 aromatic rings. The van der Waals surface area contributed by atoms with Crippen LogP contribution in [0.3, 0.4) is 0 Å². The van der Waals surface area contributed by atoms with Gasteiger partial charge in [-0.05, 0) is 56.2 Å². The number of Topliss-reactive ketones (excluding diaryl/α,β-unsaturated/α-hetero) is 1. The summed E-state index contributed by atoms with van der Waals surface area (Å²) in [5.41, 5.74) is 0.113. The summed E-state index contributed by atoms with van der Waals surface area (Å²) in [5.74, 6) is 0.591. The van der Waals surface area contributed by atoms with E-state index in [4.69, 9.17) is 4.74 Å². The van der Waals surface area contributed by atoms with Gasteiger partial charge in [-0.1, -0.05) is 6.07 Å². The first-order valence-corrected chi connectivity index (χ1v) is 9.52. The quantitative estimate of drug-likeness (QED) is 0.892. The zero-order chi connectivity index (χ0) is 17.0. The number of piperidine rings is 1. The first kappa shape index (κ1) is 14.7. The molecule has 132 valence electrons. The van der Waals surface area contributed by atoms with Gasteiger partial charge < -0.3 is 9.84 Å². The van der Waals surface area contributed by atoms with Crippen molar-refractivity contribution in [3.05, 3.63) is 29.1 Å². The molecule has 5 heteroatoms. The van der Waals surface area contributed by atoms with Gasteiger partial charge in [-0.3, -0.25) is 9.69 Å². The molecule has 1 aromatic carbocycles. The van der Waals surface area contributed by atoms with Crippen molar-refractivity contribution >= 4 is 5.78 Å². The van der Waals surface area contributed by atoms with Crippen molar-refractivity contribution in [3.8, 4) is 5.75 Å². The van der Waals surface area contributed by atoms with Gasteiger partial charge in [0.1, 0.15) is 0 Å². The van der Waals surface area contributed by atoms with Crippen LogP contribution in [0.5, 0.6) is 5.75 Å². The second-order valence-corrected chi connectivity index (χ2v) is 8.68. The van der Waals surface area contributed by atoms with Gasteiger partial charge in [-0.15, -0.1) is 0 Å². The summed E-state index contributed by atoms with van der Waals surface area (Å²) < 4.78 is 20.4. The highest BCUT2D eigenvalue weighted by atomic mass is 19.1. The first-order valence-electron chi connectivity index (χ1n) is 9.52. The molecule has 25 heavy (non-hydrogen) atoms. The predicted octanol–water partition coefficient (Wildman–Crippen LogP) is 1.96. The number of likely N-dealkylation sites (tertiary alicyclic amines) is 1. The van der Waals surface area contributed by atoms with Crippen LogP contribution in [0.1, 0.15) is 43.2 Å². The normalized spacial score (nSPS) is 41.4. The third-order valence-electron chi connectivity index (χ3n) is 7.53. The molecule has 4 nitrogen and oxygen atoms in total. The molecule has 3 aliphatic carbocycles. The highest BCUT2D eigenvalue weighted by Gasteiger charge is 2.73. The van der Waals surface area contributed by atoms with Crippen molar-refractivity contribution in [2.75, 3.05) is 13.1 Å². The van der Waals surface area contributed by atoms with Gasteiger partial charge in [-0.2, -0.15) is 0 Å². The van der Waals surface area contributed by atoms with E-state index in [9.17, 15) is 14.3 Å². The molecule has 4 atom stereocenters. The lowest BCUT2D eigenvalue weighted by molar-refractivity contribution is -0.188. The maximum atomic E-state index is 14.5. The summed E-state index contributed by atoms with van der Waals surface area (Å²) in [5, 5.41) is 11.9. The fourth-order valence-corrected chi connectivity index (χ4v) is 6.25. The van der Waals surface area contributed by atoms with Crippen LogP contribution in [0.25, 0.3) is 0 Å². The Morgan fingerprint density at radius 2 is 2.16 bits per heavy atom. The SMILES string of the molecule is O=C1CCC2(O)C3Cc4ccc(F)c5c4C2(CCN3CC2CC2)C1O5. The zero-order valence-corrected chi connectivity index (χ0v) is 14.1. The van der Waals surface area contributed by atoms with E-state index in [1.807, 2.05) is 6.07 Å². The molecule has 0 radical (unpaired) electrons. The average Bonchev–Trinajstić information content (AvgIpc) is 3.32. The number of nitrogens with zero attached hydrogens (tertiary/aromatic N) is 1. The molecule has 1 saturated heterocycles. The predicted molar refractivity (Wildman–Crippen MR) is 88.1 cm³/mol. The smallest absolute Gasteiger partial charge is 0.174 e. The minimum Gasteiger partial charge on any atom is -0.478 e. The number of carbonyl (C=O) groups excluding carboxylic acids is 1. The molecular formula is C20H22FNO3. The number of ketones is 1. The lowest BCUT2D eigenvalue weighted by Gasteiger charge is -2.62. The number of hydrogen-bond donors (Lipinski definition) is 1. The second kappa shape index (κ2) is 4.44. The summed E-state index contributed by atoms with van der Waals surface area (Å²) in [7, 11) is 0. The number of hydrogen-bond acceptors (Lipinski definition) is 4. The Morgan fingerprint density at radius 3 is 2.96 bits per heavy atom. The summed E-state index contributed by atoms with van der Waals surface area (Å²) in [6.45, 7) is 1.89. The van der Waals surface area contributed by atoms with Crippen molar-refractivity contribution < 1.29 is 19.0 Å². The van der Waals surface area contributed by atoms with Crippen molar-refractivity contribution in [1.82, 2.24) is 4.90 Å². The standard InChI is InChI=1S/C20H22FNO3/c21-13-4-3-12-9-15-20(24)6-5-14(23)18-19(20,16(12)17(13)25-18)7-8-22(15)10-11-1-2-11/h3-4,11,15,18,24H,1-2,5-10H2. The van der Waals surface area contributed by atoms with Crippen molar-refractivity contribution in [2.45, 2.75) is 61.7 Å². The topological polar surface area (TPSA) is 49.8 Å². The molecule has 6 rings (SSSR count). The largest absolute Gasteiger partial charge is 0.478 e. The average molecular weight is 343 g/mol. The van der Waals surface area contributed by atoms with Gasteiger partial charge >= 0.3 is 0 Å². The maximum absolute atomic E-state index is 14.5.